The Morgan fingerprint density at radius 1 is 0.897 bits per heavy atom. The zero-order chi connectivity index (χ0) is 27.6. The van der Waals surface area contributed by atoms with Crippen LogP contribution in [0.15, 0.2) is 96.6 Å². The number of methoxy groups -OCH3 is 1. The molecule has 0 radical (unpaired) electrons. The lowest BCUT2D eigenvalue weighted by Crippen LogP contribution is -2.13. The Hall–Kier alpha value is -4.44. The summed E-state index contributed by atoms with van der Waals surface area (Å²) in [4.78, 5) is 12.8. The van der Waals surface area contributed by atoms with E-state index in [-0.39, 0.29) is 12.2 Å². The van der Waals surface area contributed by atoms with Crippen LogP contribution < -0.4 is 19.5 Å². The minimum Gasteiger partial charge on any atom is -0.493 e. The second kappa shape index (κ2) is 13.4. The molecular weight excluding hydrogens is 535 g/mol. The highest BCUT2D eigenvalue weighted by atomic mass is 35.5. The minimum absolute atomic E-state index is 0.0666. The third kappa shape index (κ3) is 7.78. The Morgan fingerprint density at radius 2 is 1.67 bits per heavy atom. The molecule has 6 nitrogen and oxygen atoms in total. The number of carbonyl (C=O) groups excluding carboxylic acids is 1. The van der Waals surface area contributed by atoms with E-state index >= 15 is 0 Å². The second-order valence-electron chi connectivity index (χ2n) is 8.36. The van der Waals surface area contributed by atoms with Gasteiger partial charge in [-0.05, 0) is 65.7 Å². The average Bonchev–Trinajstić information content (AvgIpc) is 2.96. The number of hydrogen-bond acceptors (Lipinski definition) is 5. The van der Waals surface area contributed by atoms with Crippen LogP contribution in [0.2, 0.25) is 10.0 Å². The molecule has 0 aliphatic rings. The van der Waals surface area contributed by atoms with Gasteiger partial charge in [-0.3, -0.25) is 4.79 Å². The molecule has 1 amide bonds. The van der Waals surface area contributed by atoms with Crippen molar-refractivity contribution >= 4 is 40.9 Å². The molecule has 0 aromatic heterocycles. The number of benzene rings is 4. The van der Waals surface area contributed by atoms with Crippen LogP contribution in [0.1, 0.15) is 16.7 Å². The third-order valence-corrected chi connectivity index (χ3v) is 6.21. The van der Waals surface area contributed by atoms with E-state index in [9.17, 15) is 10.1 Å². The van der Waals surface area contributed by atoms with Crippen LogP contribution in [-0.4, -0.2) is 13.0 Å². The number of nitrogens with zero attached hydrogens (tertiary/aromatic N) is 1. The lowest BCUT2D eigenvalue weighted by atomic mass is 10.1. The molecule has 196 valence electrons. The van der Waals surface area contributed by atoms with Crippen molar-refractivity contribution < 1.29 is 19.0 Å². The molecule has 0 saturated heterocycles. The summed E-state index contributed by atoms with van der Waals surface area (Å²) in [6.07, 6.45) is 1.48. The van der Waals surface area contributed by atoms with Gasteiger partial charge in [-0.1, -0.05) is 65.7 Å². The summed E-state index contributed by atoms with van der Waals surface area (Å²) in [7, 11) is 1.51. The molecule has 0 unspecified atom stereocenters. The molecule has 0 saturated carbocycles. The predicted molar refractivity (Wildman–Crippen MR) is 153 cm³/mol. The zero-order valence-electron chi connectivity index (χ0n) is 21.0. The molecule has 0 aliphatic carbocycles. The molecule has 0 atom stereocenters. The number of amides is 1. The molecule has 4 aromatic carbocycles. The summed E-state index contributed by atoms with van der Waals surface area (Å²) < 4.78 is 17.1. The summed E-state index contributed by atoms with van der Waals surface area (Å²) in [5, 5.41) is 13.4. The summed E-state index contributed by atoms with van der Waals surface area (Å²) in [6.45, 7) is 0.652. The number of rotatable bonds is 10. The van der Waals surface area contributed by atoms with Gasteiger partial charge in [0.05, 0.1) is 7.11 Å². The van der Waals surface area contributed by atoms with Crippen molar-refractivity contribution in [3.05, 3.63) is 123 Å². The van der Waals surface area contributed by atoms with Crippen LogP contribution in [0.4, 0.5) is 5.69 Å². The fraction of sp³-hybridized carbons (Fsp3) is 0.0968. The topological polar surface area (TPSA) is 80.6 Å². The largest absolute Gasteiger partial charge is 0.493 e. The molecule has 4 rings (SSSR count). The molecule has 1 N–H and O–H groups in total. The molecule has 39 heavy (non-hydrogen) atoms. The predicted octanol–water partition coefficient (Wildman–Crippen LogP) is 7.71. The van der Waals surface area contributed by atoms with Crippen LogP contribution in [0.25, 0.3) is 6.08 Å². The monoisotopic (exact) mass is 558 g/mol. The maximum absolute atomic E-state index is 12.8. The van der Waals surface area contributed by atoms with Gasteiger partial charge in [0.25, 0.3) is 5.91 Å². The highest BCUT2D eigenvalue weighted by Gasteiger charge is 2.12. The summed E-state index contributed by atoms with van der Waals surface area (Å²) in [5.74, 6) is 1.06. The van der Waals surface area contributed by atoms with Gasteiger partial charge >= 0.3 is 0 Å². The first kappa shape index (κ1) is 27.6. The van der Waals surface area contributed by atoms with E-state index in [1.807, 2.05) is 36.4 Å². The van der Waals surface area contributed by atoms with Gasteiger partial charge < -0.3 is 19.5 Å². The number of anilines is 1. The molecule has 0 aliphatic heterocycles. The van der Waals surface area contributed by atoms with Gasteiger partial charge in [-0.25, -0.2) is 0 Å². The standard InChI is InChI=1S/C31H24Cl2N2O4/c1-37-30-16-22(7-14-29(30)39-20-23-8-9-25(32)17-28(23)33)15-24(18-34)31(36)35-26-10-12-27(13-11-26)38-19-21-5-3-2-4-6-21/h2-17H,19-20H2,1H3,(H,35,36)/b24-15+. The van der Waals surface area contributed by atoms with Crippen LogP contribution >= 0.6 is 23.2 Å². The lowest BCUT2D eigenvalue weighted by molar-refractivity contribution is -0.112. The van der Waals surface area contributed by atoms with Crippen LogP contribution in [0.3, 0.4) is 0 Å². The van der Waals surface area contributed by atoms with Crippen LogP contribution in [0, 0.1) is 11.3 Å². The number of halogens is 2. The Bertz CT molecular complexity index is 1510. The summed E-state index contributed by atoms with van der Waals surface area (Å²) in [5.41, 5.74) is 2.89. The van der Waals surface area contributed by atoms with Crippen molar-refractivity contribution in [2.24, 2.45) is 0 Å². The SMILES string of the molecule is COc1cc(/C=C(\C#N)C(=O)Nc2ccc(OCc3ccccc3)cc2)ccc1OCc1ccc(Cl)cc1Cl. The Balaban J connectivity index is 1.39. The Morgan fingerprint density at radius 3 is 2.36 bits per heavy atom. The fourth-order valence-corrected chi connectivity index (χ4v) is 4.04. The normalized spacial score (nSPS) is 10.9. The van der Waals surface area contributed by atoms with Crippen molar-refractivity contribution in [3.8, 4) is 23.3 Å². The first-order chi connectivity index (χ1) is 18.9. The number of nitrogens with one attached hydrogen (secondary N) is 1. The highest BCUT2D eigenvalue weighted by molar-refractivity contribution is 6.35. The van der Waals surface area contributed by atoms with E-state index in [0.717, 1.165) is 11.1 Å². The molecule has 0 bridgehead atoms. The van der Waals surface area contributed by atoms with E-state index < -0.39 is 5.91 Å². The zero-order valence-corrected chi connectivity index (χ0v) is 22.5. The van der Waals surface area contributed by atoms with Gasteiger partial charge in [-0.2, -0.15) is 5.26 Å². The van der Waals surface area contributed by atoms with E-state index in [2.05, 4.69) is 5.32 Å². The Labute approximate surface area is 237 Å². The van der Waals surface area contributed by atoms with Crippen LogP contribution in [0.5, 0.6) is 17.2 Å². The van der Waals surface area contributed by atoms with E-state index in [1.165, 1.54) is 13.2 Å². The number of hydrogen-bond donors (Lipinski definition) is 1. The fourth-order valence-electron chi connectivity index (χ4n) is 3.58. The van der Waals surface area contributed by atoms with Crippen molar-refractivity contribution in [3.63, 3.8) is 0 Å². The van der Waals surface area contributed by atoms with Gasteiger partial charge in [0.15, 0.2) is 11.5 Å². The van der Waals surface area contributed by atoms with Crippen molar-refractivity contribution in [2.45, 2.75) is 13.2 Å². The van der Waals surface area contributed by atoms with E-state index in [1.54, 1.807) is 60.7 Å². The van der Waals surface area contributed by atoms with E-state index in [4.69, 9.17) is 37.4 Å². The maximum atomic E-state index is 12.8. The molecular formula is C31H24Cl2N2O4. The van der Waals surface area contributed by atoms with Crippen molar-refractivity contribution in [1.29, 1.82) is 5.26 Å². The van der Waals surface area contributed by atoms with Gasteiger partial charge in [0.1, 0.15) is 30.6 Å². The molecule has 4 aromatic rings. The van der Waals surface area contributed by atoms with Gasteiger partial charge in [0.2, 0.25) is 0 Å². The first-order valence-electron chi connectivity index (χ1n) is 11.9. The smallest absolute Gasteiger partial charge is 0.266 e. The maximum Gasteiger partial charge on any atom is 0.266 e. The first-order valence-corrected chi connectivity index (χ1v) is 12.7. The van der Waals surface area contributed by atoms with Crippen molar-refractivity contribution in [2.75, 3.05) is 12.4 Å². The third-order valence-electron chi connectivity index (χ3n) is 5.62. The summed E-state index contributed by atoms with van der Waals surface area (Å²) >= 11 is 12.2. The second-order valence-corrected chi connectivity index (χ2v) is 9.20. The molecule has 0 spiro atoms. The minimum atomic E-state index is -0.535. The Kier molecular flexibility index (Phi) is 9.47. The quantitative estimate of drug-likeness (QED) is 0.159. The number of ether oxygens (including phenoxy) is 3. The van der Waals surface area contributed by atoms with Gasteiger partial charge in [0, 0.05) is 21.3 Å². The van der Waals surface area contributed by atoms with Gasteiger partial charge in [-0.15, -0.1) is 0 Å². The summed E-state index contributed by atoms with van der Waals surface area (Å²) in [6, 6.07) is 29.0. The lowest BCUT2D eigenvalue weighted by Gasteiger charge is -2.12. The average molecular weight is 559 g/mol. The molecule has 8 heteroatoms. The molecule has 0 fully saturated rings. The number of carbonyl (C=O) groups is 1. The van der Waals surface area contributed by atoms with E-state index in [0.29, 0.717) is 45.2 Å². The number of nitriles is 1. The highest BCUT2D eigenvalue weighted by Crippen LogP contribution is 2.31. The van der Waals surface area contributed by atoms with Crippen molar-refractivity contribution in [1.82, 2.24) is 0 Å². The van der Waals surface area contributed by atoms with Crippen LogP contribution in [-0.2, 0) is 18.0 Å². The molecule has 0 heterocycles.